The summed E-state index contributed by atoms with van der Waals surface area (Å²) in [5.74, 6) is -2.45. The number of amides is 1. The average Bonchev–Trinajstić information content (AvgIpc) is 2.25. The highest BCUT2D eigenvalue weighted by Crippen LogP contribution is 2.26. The molecule has 0 fully saturated rings. The van der Waals surface area contributed by atoms with Crippen LogP contribution in [0.15, 0.2) is 0 Å². The number of nitrogens with one attached hydrogen (secondary N) is 1. The van der Waals surface area contributed by atoms with E-state index in [1.807, 2.05) is 0 Å². The normalized spacial score (nSPS) is 13.6. The van der Waals surface area contributed by atoms with E-state index < -0.39 is 17.3 Å². The van der Waals surface area contributed by atoms with Gasteiger partial charge < -0.3 is 15.3 Å². The summed E-state index contributed by atoms with van der Waals surface area (Å²) in [5.41, 5.74) is -0.576. The predicted molar refractivity (Wildman–Crippen MR) is 80.6 cm³/mol. The second-order valence-corrected chi connectivity index (χ2v) is 6.71. The van der Waals surface area contributed by atoms with Crippen LogP contribution in [0.3, 0.4) is 0 Å². The van der Waals surface area contributed by atoms with Crippen LogP contribution in [-0.2, 0) is 9.59 Å². The summed E-state index contributed by atoms with van der Waals surface area (Å²) in [6.07, 6.45) is 1.85. The standard InChI is InChI=1S/C15H30N2O3/c1-11(2)17(6)10-8-7-9-16-13(18)12(14(19)20)15(3,4)5/h11-12H,7-10H2,1-6H3,(H,16,18)(H,19,20). The SMILES string of the molecule is CC(C)N(C)CCCCNC(=O)C(C(=O)O)C(C)(C)C. The maximum Gasteiger partial charge on any atom is 0.316 e. The fourth-order valence-corrected chi connectivity index (χ4v) is 1.93. The Morgan fingerprint density at radius 2 is 1.75 bits per heavy atom. The Bertz CT molecular complexity index is 322. The van der Waals surface area contributed by atoms with Crippen molar-refractivity contribution < 1.29 is 14.7 Å². The van der Waals surface area contributed by atoms with Crippen LogP contribution >= 0.6 is 0 Å². The van der Waals surface area contributed by atoms with Crippen molar-refractivity contribution in [3.05, 3.63) is 0 Å². The molecule has 0 spiro atoms. The highest BCUT2D eigenvalue weighted by Gasteiger charge is 2.37. The van der Waals surface area contributed by atoms with Crippen molar-refractivity contribution in [1.29, 1.82) is 0 Å². The molecular weight excluding hydrogens is 256 g/mol. The number of nitrogens with zero attached hydrogens (tertiary/aromatic N) is 1. The van der Waals surface area contributed by atoms with Gasteiger partial charge >= 0.3 is 5.97 Å². The molecule has 2 N–H and O–H groups in total. The maximum atomic E-state index is 11.9. The third-order valence-electron chi connectivity index (χ3n) is 3.49. The largest absolute Gasteiger partial charge is 0.481 e. The monoisotopic (exact) mass is 286 g/mol. The summed E-state index contributed by atoms with van der Waals surface area (Å²) in [6, 6.07) is 0.516. The van der Waals surface area contributed by atoms with Gasteiger partial charge in [-0.3, -0.25) is 9.59 Å². The minimum Gasteiger partial charge on any atom is -0.481 e. The van der Waals surface area contributed by atoms with Crippen molar-refractivity contribution in [2.24, 2.45) is 11.3 Å². The van der Waals surface area contributed by atoms with Crippen LogP contribution in [0.25, 0.3) is 0 Å². The number of carboxylic acid groups (broad SMARTS) is 1. The van der Waals surface area contributed by atoms with Crippen molar-refractivity contribution in [3.63, 3.8) is 0 Å². The minimum atomic E-state index is -1.06. The number of carbonyl (C=O) groups excluding carboxylic acids is 1. The van der Waals surface area contributed by atoms with E-state index in [4.69, 9.17) is 5.11 Å². The first-order valence-corrected chi connectivity index (χ1v) is 7.28. The van der Waals surface area contributed by atoms with Gasteiger partial charge in [-0.05, 0) is 45.7 Å². The molecule has 1 amide bonds. The molecule has 0 bridgehead atoms. The zero-order chi connectivity index (χ0) is 15.9. The highest BCUT2D eigenvalue weighted by atomic mass is 16.4. The molecule has 0 aromatic rings. The molecule has 0 aliphatic heterocycles. The molecule has 0 heterocycles. The van der Waals surface area contributed by atoms with Crippen LogP contribution in [0.2, 0.25) is 0 Å². The molecule has 0 saturated heterocycles. The quantitative estimate of drug-likeness (QED) is 0.529. The summed E-state index contributed by atoms with van der Waals surface area (Å²) in [4.78, 5) is 25.4. The van der Waals surface area contributed by atoms with Gasteiger partial charge in [-0.15, -0.1) is 0 Å². The van der Waals surface area contributed by atoms with Gasteiger partial charge in [0.25, 0.3) is 0 Å². The number of hydrogen-bond acceptors (Lipinski definition) is 3. The van der Waals surface area contributed by atoms with Crippen LogP contribution in [0.4, 0.5) is 0 Å². The lowest BCUT2D eigenvalue weighted by Crippen LogP contribution is -2.43. The molecule has 5 heteroatoms. The number of carboxylic acids is 1. The summed E-state index contributed by atoms with van der Waals surface area (Å²) < 4.78 is 0. The average molecular weight is 286 g/mol. The van der Waals surface area contributed by atoms with Crippen LogP contribution in [0, 0.1) is 11.3 Å². The zero-order valence-electron chi connectivity index (χ0n) is 13.7. The van der Waals surface area contributed by atoms with E-state index >= 15 is 0 Å². The lowest BCUT2D eigenvalue weighted by atomic mass is 9.80. The van der Waals surface area contributed by atoms with Crippen molar-refractivity contribution in [1.82, 2.24) is 10.2 Å². The number of hydrogen-bond donors (Lipinski definition) is 2. The van der Waals surface area contributed by atoms with Gasteiger partial charge in [0, 0.05) is 12.6 Å². The van der Waals surface area contributed by atoms with Gasteiger partial charge in [-0.2, -0.15) is 0 Å². The minimum absolute atomic E-state index is 0.387. The maximum absolute atomic E-state index is 11.9. The van der Waals surface area contributed by atoms with E-state index in [1.54, 1.807) is 20.8 Å². The van der Waals surface area contributed by atoms with Gasteiger partial charge in [-0.25, -0.2) is 0 Å². The Labute approximate surface area is 122 Å². The Hall–Kier alpha value is -1.10. The fraction of sp³-hybridized carbons (Fsp3) is 0.867. The summed E-state index contributed by atoms with van der Waals surface area (Å²) in [5, 5.41) is 11.9. The molecule has 0 aliphatic rings. The molecule has 0 radical (unpaired) electrons. The van der Waals surface area contributed by atoms with Gasteiger partial charge in [0.1, 0.15) is 5.92 Å². The lowest BCUT2D eigenvalue weighted by Gasteiger charge is -2.26. The molecule has 1 unspecified atom stereocenters. The molecule has 0 aromatic heterocycles. The van der Waals surface area contributed by atoms with E-state index in [-0.39, 0.29) is 5.91 Å². The van der Waals surface area contributed by atoms with E-state index in [2.05, 4.69) is 31.1 Å². The number of unbranched alkanes of at least 4 members (excludes halogenated alkanes) is 1. The smallest absolute Gasteiger partial charge is 0.316 e. The lowest BCUT2D eigenvalue weighted by molar-refractivity contribution is -0.151. The zero-order valence-corrected chi connectivity index (χ0v) is 13.7. The van der Waals surface area contributed by atoms with Crippen LogP contribution in [0.5, 0.6) is 0 Å². The molecular formula is C15H30N2O3. The van der Waals surface area contributed by atoms with Gasteiger partial charge in [0.05, 0.1) is 0 Å². The number of rotatable bonds is 8. The summed E-state index contributed by atoms with van der Waals surface area (Å²) in [7, 11) is 2.07. The summed E-state index contributed by atoms with van der Waals surface area (Å²) >= 11 is 0. The third-order valence-corrected chi connectivity index (χ3v) is 3.49. The highest BCUT2D eigenvalue weighted by molar-refractivity contribution is 5.97. The molecule has 0 aromatic carbocycles. The van der Waals surface area contributed by atoms with Crippen molar-refractivity contribution in [3.8, 4) is 0 Å². The molecule has 5 nitrogen and oxygen atoms in total. The number of aliphatic carboxylic acids is 1. The van der Waals surface area contributed by atoms with Gasteiger partial charge in [-0.1, -0.05) is 20.8 Å². The fourth-order valence-electron chi connectivity index (χ4n) is 1.93. The molecule has 20 heavy (non-hydrogen) atoms. The topological polar surface area (TPSA) is 69.6 Å². The molecule has 118 valence electrons. The second kappa shape index (κ2) is 8.25. The Kier molecular flexibility index (Phi) is 7.79. The third kappa shape index (κ3) is 6.89. The van der Waals surface area contributed by atoms with E-state index in [9.17, 15) is 9.59 Å². The van der Waals surface area contributed by atoms with Gasteiger partial charge in [0.2, 0.25) is 5.91 Å². The van der Waals surface area contributed by atoms with E-state index in [1.165, 1.54) is 0 Å². The van der Waals surface area contributed by atoms with E-state index in [0.29, 0.717) is 12.6 Å². The van der Waals surface area contributed by atoms with Crippen molar-refractivity contribution >= 4 is 11.9 Å². The first kappa shape index (κ1) is 18.9. The Morgan fingerprint density at radius 3 is 2.15 bits per heavy atom. The number of carbonyl (C=O) groups is 2. The van der Waals surface area contributed by atoms with Crippen molar-refractivity contribution in [2.75, 3.05) is 20.1 Å². The Balaban J connectivity index is 4.07. The van der Waals surface area contributed by atoms with Crippen molar-refractivity contribution in [2.45, 2.75) is 53.5 Å². The van der Waals surface area contributed by atoms with E-state index in [0.717, 1.165) is 19.4 Å². The van der Waals surface area contributed by atoms with Crippen LogP contribution in [-0.4, -0.2) is 48.1 Å². The predicted octanol–water partition coefficient (Wildman–Crippen LogP) is 1.97. The molecule has 0 rings (SSSR count). The van der Waals surface area contributed by atoms with Crippen LogP contribution in [0.1, 0.15) is 47.5 Å². The molecule has 0 aliphatic carbocycles. The summed E-state index contributed by atoms with van der Waals surface area (Å²) in [6.45, 7) is 11.1. The van der Waals surface area contributed by atoms with Gasteiger partial charge in [0.15, 0.2) is 0 Å². The first-order chi connectivity index (χ1) is 9.07. The van der Waals surface area contributed by atoms with Crippen LogP contribution < -0.4 is 5.32 Å². The Morgan fingerprint density at radius 1 is 1.20 bits per heavy atom. The molecule has 0 saturated carbocycles. The first-order valence-electron chi connectivity index (χ1n) is 7.28. The molecule has 1 atom stereocenters. The second-order valence-electron chi connectivity index (χ2n) is 6.71.